The molecular formula is C17H21N5O2. The lowest BCUT2D eigenvalue weighted by molar-refractivity contribution is 0.0957. The fraction of sp³-hybridized carbons (Fsp3) is 0.412. The van der Waals surface area contributed by atoms with E-state index >= 15 is 0 Å². The van der Waals surface area contributed by atoms with E-state index in [-0.39, 0.29) is 11.8 Å². The second-order valence-corrected chi connectivity index (χ2v) is 5.73. The zero-order valence-electron chi connectivity index (χ0n) is 13.7. The van der Waals surface area contributed by atoms with Gasteiger partial charge in [-0.25, -0.2) is 15.0 Å². The molecule has 2 aromatic rings. The molecule has 0 aliphatic carbocycles. The number of pyridine rings is 1. The summed E-state index contributed by atoms with van der Waals surface area (Å²) < 4.78 is 5.73. The van der Waals surface area contributed by atoms with Crippen LogP contribution in [0.25, 0.3) is 0 Å². The maximum absolute atomic E-state index is 11.7. The molecule has 2 aromatic heterocycles. The Bertz CT molecular complexity index is 680. The van der Waals surface area contributed by atoms with Gasteiger partial charge in [-0.1, -0.05) is 6.07 Å². The van der Waals surface area contributed by atoms with Gasteiger partial charge in [-0.2, -0.15) is 0 Å². The first-order valence-electron chi connectivity index (χ1n) is 8.04. The Kier molecular flexibility index (Phi) is 5.32. The number of carbonyl (C=O) groups is 1. The first-order valence-corrected chi connectivity index (χ1v) is 8.04. The molecular weight excluding hydrogens is 306 g/mol. The third-order valence-electron chi connectivity index (χ3n) is 3.94. The molecule has 1 saturated heterocycles. The van der Waals surface area contributed by atoms with Gasteiger partial charge in [0.25, 0.3) is 5.91 Å². The lowest BCUT2D eigenvalue weighted by atomic mass is 10.0. The quantitative estimate of drug-likeness (QED) is 0.900. The van der Waals surface area contributed by atoms with Crippen molar-refractivity contribution in [1.82, 2.24) is 20.3 Å². The number of aromatic nitrogens is 3. The van der Waals surface area contributed by atoms with Gasteiger partial charge in [-0.15, -0.1) is 0 Å². The van der Waals surface area contributed by atoms with Gasteiger partial charge < -0.3 is 15.0 Å². The van der Waals surface area contributed by atoms with Gasteiger partial charge in [-0.3, -0.25) is 4.79 Å². The molecule has 0 bridgehead atoms. The highest BCUT2D eigenvalue weighted by molar-refractivity contribution is 5.91. The third kappa shape index (κ3) is 4.05. The van der Waals surface area contributed by atoms with Crippen LogP contribution in [-0.4, -0.2) is 54.2 Å². The SMILES string of the molecule is CNC(=O)c1cccc(C[C@H]2COCCN(c3ncccn3)C2)n1. The molecule has 3 rings (SSSR count). The number of carbonyl (C=O) groups excluding carboxylic acids is 1. The number of rotatable bonds is 4. The van der Waals surface area contributed by atoms with Crippen molar-refractivity contribution in [2.45, 2.75) is 6.42 Å². The van der Waals surface area contributed by atoms with E-state index in [1.165, 1.54) is 0 Å². The van der Waals surface area contributed by atoms with Crippen LogP contribution in [0.2, 0.25) is 0 Å². The maximum Gasteiger partial charge on any atom is 0.269 e. The first kappa shape index (κ1) is 16.3. The van der Waals surface area contributed by atoms with E-state index < -0.39 is 0 Å². The predicted octanol–water partition coefficient (Wildman–Crippen LogP) is 0.927. The normalized spacial score (nSPS) is 18.0. The van der Waals surface area contributed by atoms with Crippen molar-refractivity contribution >= 4 is 11.9 Å². The summed E-state index contributed by atoms with van der Waals surface area (Å²) in [6.45, 7) is 2.89. The second kappa shape index (κ2) is 7.83. The second-order valence-electron chi connectivity index (χ2n) is 5.73. The lowest BCUT2D eigenvalue weighted by Gasteiger charge is -2.23. The predicted molar refractivity (Wildman–Crippen MR) is 89.9 cm³/mol. The van der Waals surface area contributed by atoms with Crippen molar-refractivity contribution in [3.05, 3.63) is 48.0 Å². The van der Waals surface area contributed by atoms with E-state index in [9.17, 15) is 4.79 Å². The third-order valence-corrected chi connectivity index (χ3v) is 3.94. The number of nitrogens with one attached hydrogen (secondary N) is 1. The number of hydrogen-bond donors (Lipinski definition) is 1. The summed E-state index contributed by atoms with van der Waals surface area (Å²) in [5.74, 6) is 0.817. The largest absolute Gasteiger partial charge is 0.379 e. The monoisotopic (exact) mass is 327 g/mol. The van der Waals surface area contributed by atoms with Gasteiger partial charge in [0.1, 0.15) is 5.69 Å². The van der Waals surface area contributed by atoms with E-state index in [2.05, 4.69) is 25.2 Å². The molecule has 7 heteroatoms. The van der Waals surface area contributed by atoms with Crippen molar-refractivity contribution in [3.8, 4) is 0 Å². The summed E-state index contributed by atoms with van der Waals surface area (Å²) in [6, 6.07) is 7.34. The summed E-state index contributed by atoms with van der Waals surface area (Å²) >= 11 is 0. The molecule has 1 aliphatic rings. The van der Waals surface area contributed by atoms with Gasteiger partial charge >= 0.3 is 0 Å². The Hall–Kier alpha value is -2.54. The molecule has 1 amide bonds. The van der Waals surface area contributed by atoms with Crippen LogP contribution >= 0.6 is 0 Å². The van der Waals surface area contributed by atoms with E-state index in [0.717, 1.165) is 31.2 Å². The van der Waals surface area contributed by atoms with Gasteiger partial charge in [0.15, 0.2) is 0 Å². The minimum Gasteiger partial charge on any atom is -0.379 e. The fourth-order valence-electron chi connectivity index (χ4n) is 2.78. The zero-order chi connectivity index (χ0) is 16.8. The molecule has 0 saturated carbocycles. The first-order chi connectivity index (χ1) is 11.8. The van der Waals surface area contributed by atoms with Gasteiger partial charge in [-0.05, 0) is 24.6 Å². The van der Waals surface area contributed by atoms with Crippen LogP contribution in [0.4, 0.5) is 5.95 Å². The molecule has 0 radical (unpaired) electrons. The molecule has 3 heterocycles. The van der Waals surface area contributed by atoms with E-state index in [1.54, 1.807) is 25.5 Å². The summed E-state index contributed by atoms with van der Waals surface area (Å²) in [6.07, 6.45) is 4.24. The molecule has 7 nitrogen and oxygen atoms in total. The molecule has 1 N–H and O–H groups in total. The standard InChI is InChI=1S/C17H21N5O2/c1-18-16(23)15-5-2-4-14(21-15)10-13-11-22(8-9-24-12-13)17-19-6-3-7-20-17/h2-7,13H,8-12H2,1H3,(H,18,23)/t13-/m1/s1. The van der Waals surface area contributed by atoms with E-state index in [4.69, 9.17) is 4.74 Å². The minimum absolute atomic E-state index is 0.173. The number of hydrogen-bond acceptors (Lipinski definition) is 6. The Labute approximate surface area is 141 Å². The molecule has 24 heavy (non-hydrogen) atoms. The van der Waals surface area contributed by atoms with Crippen molar-refractivity contribution < 1.29 is 9.53 Å². The number of ether oxygens (including phenoxy) is 1. The summed E-state index contributed by atoms with van der Waals surface area (Å²) in [5.41, 5.74) is 1.33. The van der Waals surface area contributed by atoms with Gasteiger partial charge in [0.05, 0.1) is 13.2 Å². The fourth-order valence-corrected chi connectivity index (χ4v) is 2.78. The topological polar surface area (TPSA) is 80.2 Å². The van der Waals surface area contributed by atoms with Crippen molar-refractivity contribution in [2.75, 3.05) is 38.3 Å². The molecule has 1 fully saturated rings. The van der Waals surface area contributed by atoms with Crippen molar-refractivity contribution in [1.29, 1.82) is 0 Å². The average molecular weight is 327 g/mol. The van der Waals surface area contributed by atoms with Crippen LogP contribution in [0.15, 0.2) is 36.7 Å². The smallest absolute Gasteiger partial charge is 0.269 e. The van der Waals surface area contributed by atoms with Crippen LogP contribution in [0.5, 0.6) is 0 Å². The Morgan fingerprint density at radius 1 is 1.33 bits per heavy atom. The van der Waals surface area contributed by atoms with Gasteiger partial charge in [0, 0.05) is 44.1 Å². The maximum atomic E-state index is 11.7. The summed E-state index contributed by atoms with van der Waals surface area (Å²) in [4.78, 5) is 27.0. The molecule has 126 valence electrons. The van der Waals surface area contributed by atoms with Crippen LogP contribution < -0.4 is 10.2 Å². The lowest BCUT2D eigenvalue weighted by Crippen LogP contribution is -2.32. The van der Waals surface area contributed by atoms with Crippen molar-refractivity contribution in [3.63, 3.8) is 0 Å². The highest BCUT2D eigenvalue weighted by Gasteiger charge is 2.21. The van der Waals surface area contributed by atoms with Crippen LogP contribution in [0.3, 0.4) is 0 Å². The molecule has 1 aliphatic heterocycles. The number of nitrogens with zero attached hydrogens (tertiary/aromatic N) is 4. The highest BCUT2D eigenvalue weighted by atomic mass is 16.5. The zero-order valence-corrected chi connectivity index (χ0v) is 13.7. The Balaban J connectivity index is 1.71. The summed E-state index contributed by atoms with van der Waals surface area (Å²) in [7, 11) is 1.60. The molecule has 0 aromatic carbocycles. The van der Waals surface area contributed by atoms with Crippen LogP contribution in [-0.2, 0) is 11.2 Å². The van der Waals surface area contributed by atoms with Crippen LogP contribution in [0, 0.1) is 5.92 Å². The number of anilines is 1. The number of amides is 1. The summed E-state index contributed by atoms with van der Waals surface area (Å²) in [5, 5.41) is 2.60. The Morgan fingerprint density at radius 2 is 2.17 bits per heavy atom. The van der Waals surface area contributed by atoms with Crippen LogP contribution in [0.1, 0.15) is 16.2 Å². The molecule has 0 spiro atoms. The Morgan fingerprint density at radius 3 is 2.96 bits per heavy atom. The van der Waals surface area contributed by atoms with E-state index in [1.807, 2.05) is 18.2 Å². The van der Waals surface area contributed by atoms with Crippen molar-refractivity contribution in [2.24, 2.45) is 5.92 Å². The van der Waals surface area contributed by atoms with E-state index in [0.29, 0.717) is 18.9 Å². The highest BCUT2D eigenvalue weighted by Crippen LogP contribution is 2.16. The van der Waals surface area contributed by atoms with Gasteiger partial charge in [0.2, 0.25) is 5.95 Å². The minimum atomic E-state index is -0.173. The molecule has 0 unspecified atom stereocenters. The average Bonchev–Trinajstić information content (AvgIpc) is 2.87. The molecule has 1 atom stereocenters.